The van der Waals surface area contributed by atoms with Crippen LogP contribution in [0.3, 0.4) is 0 Å². The molecule has 3 heteroatoms. The van der Waals surface area contributed by atoms with Crippen LogP contribution in [0.25, 0.3) is 0 Å². The molecule has 0 bridgehead atoms. The molecular weight excluding hydrogens is 236 g/mol. The van der Waals surface area contributed by atoms with Gasteiger partial charge in [-0.3, -0.25) is 11.3 Å². The zero-order valence-corrected chi connectivity index (χ0v) is 11.7. The van der Waals surface area contributed by atoms with Crippen LogP contribution in [0.5, 0.6) is 0 Å². The van der Waals surface area contributed by atoms with Gasteiger partial charge in [-0.05, 0) is 50.5 Å². The lowest BCUT2D eigenvalue weighted by Gasteiger charge is -2.17. The maximum Gasteiger partial charge on any atom is 0.0576 e. The van der Waals surface area contributed by atoms with Crippen LogP contribution in [-0.2, 0) is 11.2 Å². The second-order valence-corrected chi connectivity index (χ2v) is 5.45. The number of nitrogens with two attached hydrogens (primary N) is 1. The third kappa shape index (κ3) is 5.31. The maximum absolute atomic E-state index is 5.65. The van der Waals surface area contributed by atoms with Gasteiger partial charge in [-0.25, -0.2) is 0 Å². The van der Waals surface area contributed by atoms with Crippen LogP contribution in [-0.4, -0.2) is 18.8 Å². The van der Waals surface area contributed by atoms with Crippen molar-refractivity contribution >= 4 is 0 Å². The van der Waals surface area contributed by atoms with Crippen LogP contribution in [0, 0.1) is 0 Å². The van der Waals surface area contributed by atoms with E-state index in [4.69, 9.17) is 10.6 Å². The molecule has 2 atom stereocenters. The predicted molar refractivity (Wildman–Crippen MR) is 78.7 cm³/mol. The average Bonchev–Trinajstić information content (AvgIpc) is 2.97. The largest absolute Gasteiger partial charge is 0.378 e. The van der Waals surface area contributed by atoms with E-state index in [1.54, 1.807) is 0 Å². The van der Waals surface area contributed by atoms with Gasteiger partial charge in [-0.1, -0.05) is 30.3 Å². The Morgan fingerprint density at radius 3 is 2.79 bits per heavy atom. The van der Waals surface area contributed by atoms with Crippen molar-refractivity contribution in [1.82, 2.24) is 5.43 Å². The lowest BCUT2D eigenvalue weighted by molar-refractivity contribution is 0.101. The fraction of sp³-hybridized carbons (Fsp3) is 0.625. The molecule has 19 heavy (non-hydrogen) atoms. The molecular formula is C16H26N2O. The lowest BCUT2D eigenvalue weighted by Crippen LogP contribution is -2.35. The summed E-state index contributed by atoms with van der Waals surface area (Å²) in [5.41, 5.74) is 4.35. The molecule has 0 amide bonds. The Labute approximate surface area is 116 Å². The Kier molecular flexibility index (Phi) is 6.34. The van der Waals surface area contributed by atoms with Crippen molar-refractivity contribution in [3.63, 3.8) is 0 Å². The van der Waals surface area contributed by atoms with Gasteiger partial charge in [-0.2, -0.15) is 0 Å². The molecule has 3 N–H and O–H groups in total. The zero-order chi connectivity index (χ0) is 13.3. The van der Waals surface area contributed by atoms with E-state index in [-0.39, 0.29) is 0 Å². The molecule has 0 saturated carbocycles. The molecule has 1 heterocycles. The molecule has 1 aromatic carbocycles. The minimum absolute atomic E-state index is 0.418. The van der Waals surface area contributed by atoms with E-state index in [2.05, 4.69) is 35.8 Å². The molecule has 1 aromatic rings. The van der Waals surface area contributed by atoms with Crippen molar-refractivity contribution in [2.24, 2.45) is 5.84 Å². The van der Waals surface area contributed by atoms with Crippen LogP contribution >= 0.6 is 0 Å². The Morgan fingerprint density at radius 1 is 1.26 bits per heavy atom. The van der Waals surface area contributed by atoms with E-state index in [0.717, 1.165) is 25.9 Å². The van der Waals surface area contributed by atoms with E-state index >= 15 is 0 Å². The molecule has 1 aliphatic heterocycles. The van der Waals surface area contributed by atoms with Gasteiger partial charge in [0.2, 0.25) is 0 Å². The average molecular weight is 262 g/mol. The minimum atomic E-state index is 0.418. The first-order chi connectivity index (χ1) is 9.38. The van der Waals surface area contributed by atoms with Crippen molar-refractivity contribution in [1.29, 1.82) is 0 Å². The van der Waals surface area contributed by atoms with Crippen molar-refractivity contribution in [2.45, 2.75) is 57.1 Å². The van der Waals surface area contributed by atoms with E-state index in [1.165, 1.54) is 31.2 Å². The third-order valence-corrected chi connectivity index (χ3v) is 3.96. The monoisotopic (exact) mass is 262 g/mol. The smallest absolute Gasteiger partial charge is 0.0576 e. The van der Waals surface area contributed by atoms with E-state index in [0.29, 0.717) is 12.1 Å². The van der Waals surface area contributed by atoms with E-state index in [1.807, 2.05) is 0 Å². The highest BCUT2D eigenvalue weighted by Gasteiger charge is 2.15. The standard InChI is InChI=1S/C16H26N2O/c17-18-15(8-4-9-16-10-5-13-19-16)12-11-14-6-2-1-3-7-14/h1-3,6-7,15-16,18H,4-5,8-13,17H2. The number of nitrogens with one attached hydrogen (secondary N) is 1. The molecule has 2 rings (SSSR count). The summed E-state index contributed by atoms with van der Waals surface area (Å²) in [6, 6.07) is 11.0. The first kappa shape index (κ1) is 14.5. The molecule has 0 radical (unpaired) electrons. The summed E-state index contributed by atoms with van der Waals surface area (Å²) in [5, 5.41) is 0. The molecule has 0 aliphatic carbocycles. The molecule has 1 aliphatic rings. The number of ether oxygens (including phenoxy) is 1. The Hall–Kier alpha value is -0.900. The second-order valence-electron chi connectivity index (χ2n) is 5.45. The zero-order valence-electron chi connectivity index (χ0n) is 11.7. The summed E-state index contributed by atoms with van der Waals surface area (Å²) < 4.78 is 5.65. The van der Waals surface area contributed by atoms with Crippen LogP contribution in [0.4, 0.5) is 0 Å². The molecule has 0 spiro atoms. The van der Waals surface area contributed by atoms with Gasteiger partial charge in [0.25, 0.3) is 0 Å². The molecule has 1 saturated heterocycles. The first-order valence-corrected chi connectivity index (χ1v) is 7.50. The predicted octanol–water partition coefficient (Wildman–Crippen LogP) is 2.80. The number of hydrazine groups is 1. The van der Waals surface area contributed by atoms with Crippen molar-refractivity contribution in [3.8, 4) is 0 Å². The first-order valence-electron chi connectivity index (χ1n) is 7.50. The Balaban J connectivity index is 1.62. The number of rotatable bonds is 8. The Bertz CT molecular complexity index is 336. The topological polar surface area (TPSA) is 47.3 Å². The van der Waals surface area contributed by atoms with Crippen molar-refractivity contribution in [2.75, 3.05) is 6.61 Å². The highest BCUT2D eigenvalue weighted by atomic mass is 16.5. The van der Waals surface area contributed by atoms with E-state index < -0.39 is 0 Å². The lowest BCUT2D eigenvalue weighted by atomic mass is 10.00. The van der Waals surface area contributed by atoms with Crippen LogP contribution in [0.2, 0.25) is 0 Å². The number of aryl methyl sites for hydroxylation is 1. The Morgan fingerprint density at radius 2 is 2.11 bits per heavy atom. The van der Waals surface area contributed by atoms with Gasteiger partial charge >= 0.3 is 0 Å². The third-order valence-electron chi connectivity index (χ3n) is 3.96. The number of hydrogen-bond acceptors (Lipinski definition) is 3. The molecule has 0 aromatic heterocycles. The highest BCUT2D eigenvalue weighted by Crippen LogP contribution is 2.19. The normalized spacial score (nSPS) is 20.6. The molecule has 1 fully saturated rings. The highest BCUT2D eigenvalue weighted by molar-refractivity contribution is 5.14. The summed E-state index contributed by atoms with van der Waals surface area (Å²) in [5.74, 6) is 5.65. The van der Waals surface area contributed by atoms with Gasteiger partial charge in [0, 0.05) is 12.6 Å². The molecule has 2 unspecified atom stereocenters. The summed E-state index contributed by atoms with van der Waals surface area (Å²) in [7, 11) is 0. The van der Waals surface area contributed by atoms with Crippen molar-refractivity contribution < 1.29 is 4.74 Å². The maximum atomic E-state index is 5.65. The van der Waals surface area contributed by atoms with Crippen LogP contribution < -0.4 is 11.3 Å². The molecule has 3 nitrogen and oxygen atoms in total. The minimum Gasteiger partial charge on any atom is -0.378 e. The van der Waals surface area contributed by atoms with Crippen LogP contribution in [0.15, 0.2) is 30.3 Å². The number of hydrogen-bond donors (Lipinski definition) is 2. The van der Waals surface area contributed by atoms with Gasteiger partial charge in [0.05, 0.1) is 6.10 Å². The van der Waals surface area contributed by atoms with Gasteiger partial charge in [0.15, 0.2) is 0 Å². The van der Waals surface area contributed by atoms with Gasteiger partial charge in [-0.15, -0.1) is 0 Å². The fourth-order valence-corrected chi connectivity index (χ4v) is 2.76. The van der Waals surface area contributed by atoms with Gasteiger partial charge in [0.1, 0.15) is 0 Å². The summed E-state index contributed by atoms with van der Waals surface area (Å²) in [4.78, 5) is 0. The SMILES string of the molecule is NNC(CCCC1CCCO1)CCc1ccccc1. The summed E-state index contributed by atoms with van der Waals surface area (Å²) in [6.07, 6.45) is 8.71. The van der Waals surface area contributed by atoms with Crippen LogP contribution in [0.1, 0.15) is 44.1 Å². The molecule has 106 valence electrons. The van der Waals surface area contributed by atoms with Crippen molar-refractivity contribution in [3.05, 3.63) is 35.9 Å². The quantitative estimate of drug-likeness (QED) is 0.559. The van der Waals surface area contributed by atoms with Gasteiger partial charge < -0.3 is 4.74 Å². The second kappa shape index (κ2) is 8.31. The fourth-order valence-electron chi connectivity index (χ4n) is 2.76. The summed E-state index contributed by atoms with van der Waals surface area (Å²) >= 11 is 0. The number of benzene rings is 1. The summed E-state index contributed by atoms with van der Waals surface area (Å²) in [6.45, 7) is 0.956. The van der Waals surface area contributed by atoms with E-state index in [9.17, 15) is 0 Å².